The molecule has 0 amide bonds. The number of phenols is 1. The number of phenolic OH excluding ortho intramolecular Hbond substituents is 1. The minimum absolute atomic E-state index is 0.257. The number of nitrogens with zero attached hydrogens (tertiary/aromatic N) is 1. The highest BCUT2D eigenvalue weighted by Crippen LogP contribution is 2.30. The van der Waals surface area contributed by atoms with Gasteiger partial charge in [0.1, 0.15) is 0 Å². The van der Waals surface area contributed by atoms with E-state index in [4.69, 9.17) is 4.74 Å². The van der Waals surface area contributed by atoms with Gasteiger partial charge in [0.2, 0.25) is 0 Å². The Balaban J connectivity index is 2.07. The van der Waals surface area contributed by atoms with Crippen molar-refractivity contribution in [3.05, 3.63) is 23.8 Å². The first-order valence-corrected chi connectivity index (χ1v) is 5.98. The molecular weight excluding hydrogens is 216 g/mol. The summed E-state index contributed by atoms with van der Waals surface area (Å²) < 4.78 is 5.11. The van der Waals surface area contributed by atoms with E-state index in [2.05, 4.69) is 17.3 Å². The molecule has 0 bridgehead atoms. The summed E-state index contributed by atoms with van der Waals surface area (Å²) in [6, 6.07) is 6.18. The number of para-hydroxylation sites is 1. The van der Waals surface area contributed by atoms with E-state index in [1.54, 1.807) is 13.2 Å². The van der Waals surface area contributed by atoms with Gasteiger partial charge >= 0.3 is 0 Å². The van der Waals surface area contributed by atoms with Crippen molar-refractivity contribution in [2.24, 2.45) is 0 Å². The maximum atomic E-state index is 10.0. The molecular formula is C13H20N2O2. The second-order valence-corrected chi connectivity index (χ2v) is 4.53. The van der Waals surface area contributed by atoms with Crippen molar-refractivity contribution in [1.82, 2.24) is 10.2 Å². The molecule has 0 aromatic heterocycles. The SMILES string of the molecule is COc1cccc(CN(C)C2CCNC2)c1O. The molecule has 1 aliphatic rings. The van der Waals surface area contributed by atoms with Crippen LogP contribution >= 0.6 is 0 Å². The fourth-order valence-electron chi connectivity index (χ4n) is 2.27. The smallest absolute Gasteiger partial charge is 0.162 e. The van der Waals surface area contributed by atoms with Crippen LogP contribution in [0.1, 0.15) is 12.0 Å². The maximum absolute atomic E-state index is 10.0. The van der Waals surface area contributed by atoms with Crippen LogP contribution < -0.4 is 10.1 Å². The molecule has 2 N–H and O–H groups in total. The lowest BCUT2D eigenvalue weighted by atomic mass is 10.1. The van der Waals surface area contributed by atoms with Gasteiger partial charge in [-0.3, -0.25) is 4.90 Å². The van der Waals surface area contributed by atoms with Crippen molar-refractivity contribution in [3.63, 3.8) is 0 Å². The zero-order valence-corrected chi connectivity index (χ0v) is 10.4. The van der Waals surface area contributed by atoms with Gasteiger partial charge in [0.15, 0.2) is 11.5 Å². The van der Waals surface area contributed by atoms with E-state index in [0.717, 1.165) is 25.2 Å². The molecule has 1 unspecified atom stereocenters. The van der Waals surface area contributed by atoms with Gasteiger partial charge in [-0.25, -0.2) is 0 Å². The molecule has 2 rings (SSSR count). The van der Waals surface area contributed by atoms with E-state index in [-0.39, 0.29) is 5.75 Å². The average Bonchev–Trinajstić information content (AvgIpc) is 2.85. The fourth-order valence-corrected chi connectivity index (χ4v) is 2.27. The predicted octanol–water partition coefficient (Wildman–Crippen LogP) is 1.19. The zero-order valence-electron chi connectivity index (χ0n) is 10.4. The van der Waals surface area contributed by atoms with Gasteiger partial charge < -0.3 is 15.2 Å². The van der Waals surface area contributed by atoms with Crippen LogP contribution in [-0.2, 0) is 6.54 Å². The maximum Gasteiger partial charge on any atom is 0.162 e. The van der Waals surface area contributed by atoms with E-state index in [9.17, 15) is 5.11 Å². The standard InChI is InChI=1S/C13H20N2O2/c1-15(11-6-7-14-8-11)9-10-4-3-5-12(17-2)13(10)16/h3-5,11,14,16H,6-9H2,1-2H3. The normalized spacial score (nSPS) is 19.8. The van der Waals surface area contributed by atoms with Crippen molar-refractivity contribution in [3.8, 4) is 11.5 Å². The molecule has 4 heteroatoms. The first kappa shape index (κ1) is 12.2. The van der Waals surface area contributed by atoms with Crippen LogP contribution in [0.4, 0.5) is 0 Å². The van der Waals surface area contributed by atoms with Crippen LogP contribution in [0, 0.1) is 0 Å². The van der Waals surface area contributed by atoms with Gasteiger partial charge in [0.25, 0.3) is 0 Å². The zero-order chi connectivity index (χ0) is 12.3. The van der Waals surface area contributed by atoms with Gasteiger partial charge in [0, 0.05) is 24.7 Å². The van der Waals surface area contributed by atoms with Crippen molar-refractivity contribution >= 4 is 0 Å². The van der Waals surface area contributed by atoms with E-state index in [1.165, 1.54) is 6.42 Å². The Bertz CT molecular complexity index is 376. The lowest BCUT2D eigenvalue weighted by Gasteiger charge is -2.24. The Morgan fingerprint density at radius 2 is 2.35 bits per heavy atom. The molecule has 1 aromatic carbocycles. The highest BCUT2D eigenvalue weighted by atomic mass is 16.5. The summed E-state index contributed by atoms with van der Waals surface area (Å²) >= 11 is 0. The number of rotatable bonds is 4. The molecule has 0 radical (unpaired) electrons. The van der Waals surface area contributed by atoms with Crippen LogP contribution in [0.3, 0.4) is 0 Å². The molecule has 0 saturated carbocycles. The molecule has 1 heterocycles. The summed E-state index contributed by atoms with van der Waals surface area (Å²) in [4.78, 5) is 2.27. The summed E-state index contributed by atoms with van der Waals surface area (Å²) in [6.07, 6.45) is 1.17. The monoisotopic (exact) mass is 236 g/mol. The highest BCUT2D eigenvalue weighted by Gasteiger charge is 2.20. The first-order chi connectivity index (χ1) is 8.22. The quantitative estimate of drug-likeness (QED) is 0.824. The van der Waals surface area contributed by atoms with Crippen molar-refractivity contribution in [2.45, 2.75) is 19.0 Å². The minimum Gasteiger partial charge on any atom is -0.504 e. The Hall–Kier alpha value is -1.26. The Morgan fingerprint density at radius 1 is 1.53 bits per heavy atom. The predicted molar refractivity (Wildman–Crippen MR) is 67.4 cm³/mol. The largest absolute Gasteiger partial charge is 0.504 e. The number of benzene rings is 1. The number of hydrogen-bond acceptors (Lipinski definition) is 4. The van der Waals surface area contributed by atoms with E-state index >= 15 is 0 Å². The Labute approximate surface area is 102 Å². The second-order valence-electron chi connectivity index (χ2n) is 4.53. The topological polar surface area (TPSA) is 44.7 Å². The summed E-state index contributed by atoms with van der Waals surface area (Å²) in [5.41, 5.74) is 0.916. The Morgan fingerprint density at radius 3 is 3.00 bits per heavy atom. The Kier molecular flexibility index (Phi) is 3.86. The minimum atomic E-state index is 0.257. The van der Waals surface area contributed by atoms with Crippen LogP contribution in [0.5, 0.6) is 11.5 Å². The number of ether oxygens (including phenoxy) is 1. The lowest BCUT2D eigenvalue weighted by molar-refractivity contribution is 0.244. The van der Waals surface area contributed by atoms with E-state index in [1.807, 2.05) is 12.1 Å². The highest BCUT2D eigenvalue weighted by molar-refractivity contribution is 5.45. The number of hydrogen-bond donors (Lipinski definition) is 2. The molecule has 1 saturated heterocycles. The van der Waals surface area contributed by atoms with Crippen LogP contribution in [0.2, 0.25) is 0 Å². The van der Waals surface area contributed by atoms with E-state index < -0.39 is 0 Å². The van der Waals surface area contributed by atoms with Crippen LogP contribution in [0.25, 0.3) is 0 Å². The summed E-state index contributed by atoms with van der Waals surface area (Å²) in [7, 11) is 3.67. The number of nitrogens with one attached hydrogen (secondary N) is 1. The van der Waals surface area contributed by atoms with Crippen molar-refractivity contribution in [1.29, 1.82) is 0 Å². The fraction of sp³-hybridized carbons (Fsp3) is 0.538. The lowest BCUT2D eigenvalue weighted by Crippen LogP contribution is -2.32. The van der Waals surface area contributed by atoms with Crippen molar-refractivity contribution < 1.29 is 9.84 Å². The molecule has 4 nitrogen and oxygen atoms in total. The first-order valence-electron chi connectivity index (χ1n) is 5.98. The molecule has 1 atom stereocenters. The van der Waals surface area contributed by atoms with Gasteiger partial charge in [-0.15, -0.1) is 0 Å². The van der Waals surface area contributed by atoms with Crippen molar-refractivity contribution in [2.75, 3.05) is 27.2 Å². The summed E-state index contributed by atoms with van der Waals surface area (Å²) in [5.74, 6) is 0.799. The van der Waals surface area contributed by atoms with E-state index in [0.29, 0.717) is 11.8 Å². The molecule has 94 valence electrons. The van der Waals surface area contributed by atoms with Crippen LogP contribution in [-0.4, -0.2) is 43.3 Å². The summed E-state index contributed by atoms with van der Waals surface area (Å²) in [6.45, 7) is 2.86. The second kappa shape index (κ2) is 5.38. The third kappa shape index (κ3) is 2.70. The molecule has 1 fully saturated rings. The van der Waals surface area contributed by atoms with Gasteiger partial charge in [-0.2, -0.15) is 0 Å². The molecule has 17 heavy (non-hydrogen) atoms. The van der Waals surface area contributed by atoms with Crippen LogP contribution in [0.15, 0.2) is 18.2 Å². The number of methoxy groups -OCH3 is 1. The third-order valence-corrected chi connectivity index (χ3v) is 3.38. The van der Waals surface area contributed by atoms with Gasteiger partial charge in [0.05, 0.1) is 7.11 Å². The number of aromatic hydroxyl groups is 1. The number of likely N-dealkylation sites (N-methyl/N-ethyl adjacent to an activating group) is 1. The summed E-state index contributed by atoms with van der Waals surface area (Å²) in [5, 5.41) is 13.4. The van der Waals surface area contributed by atoms with Gasteiger partial charge in [-0.05, 0) is 26.1 Å². The molecule has 1 aliphatic heterocycles. The molecule has 1 aromatic rings. The molecule has 0 spiro atoms. The molecule has 0 aliphatic carbocycles. The third-order valence-electron chi connectivity index (χ3n) is 3.38. The van der Waals surface area contributed by atoms with Gasteiger partial charge in [-0.1, -0.05) is 12.1 Å². The average molecular weight is 236 g/mol.